The van der Waals surface area contributed by atoms with Crippen molar-refractivity contribution >= 4 is 17.5 Å². The molecule has 1 heterocycles. The van der Waals surface area contributed by atoms with Gasteiger partial charge >= 0.3 is 5.97 Å². The summed E-state index contributed by atoms with van der Waals surface area (Å²) >= 11 is 0. The van der Waals surface area contributed by atoms with Gasteiger partial charge in [0.25, 0.3) is 6.48 Å². The van der Waals surface area contributed by atoms with Crippen LogP contribution in [0.2, 0.25) is 0 Å². The van der Waals surface area contributed by atoms with Gasteiger partial charge in [-0.05, 0) is 61.5 Å². The molecule has 9 atom stereocenters. The van der Waals surface area contributed by atoms with Crippen LogP contribution in [-0.2, 0) is 33.3 Å². The summed E-state index contributed by atoms with van der Waals surface area (Å²) in [5, 5.41) is 0. The highest BCUT2D eigenvalue weighted by atomic mass is 16.9. The second kappa shape index (κ2) is 7.59. The van der Waals surface area contributed by atoms with Crippen LogP contribution in [0.5, 0.6) is 0 Å². The van der Waals surface area contributed by atoms with Gasteiger partial charge in [-0.15, -0.1) is 0 Å². The number of esters is 1. The maximum Gasteiger partial charge on any atom is 0.303 e. The summed E-state index contributed by atoms with van der Waals surface area (Å²) in [5.74, 6) is 0.593. The van der Waals surface area contributed by atoms with Crippen LogP contribution in [0.1, 0.15) is 53.4 Å². The lowest BCUT2D eigenvalue weighted by Gasteiger charge is -2.60. The van der Waals surface area contributed by atoms with Gasteiger partial charge in [-0.2, -0.15) is 0 Å². The maximum absolute atomic E-state index is 13.7. The number of methoxy groups -OCH3 is 1. The van der Waals surface area contributed by atoms with Crippen molar-refractivity contribution in [1.82, 2.24) is 0 Å². The normalized spacial score (nSPS) is 47.8. The van der Waals surface area contributed by atoms with Crippen molar-refractivity contribution in [3.05, 3.63) is 23.8 Å². The van der Waals surface area contributed by atoms with E-state index >= 15 is 0 Å². The van der Waals surface area contributed by atoms with E-state index in [9.17, 15) is 14.4 Å². The third-order valence-corrected chi connectivity index (χ3v) is 9.54. The van der Waals surface area contributed by atoms with Gasteiger partial charge in [0.15, 0.2) is 18.0 Å². The molecule has 1 aliphatic heterocycles. The number of fused-ring (bicyclic) bond motifs is 7. The number of allylic oxidation sites excluding steroid dienone is 4. The number of rotatable bonds is 4. The fourth-order valence-corrected chi connectivity index (χ4v) is 8.48. The number of carbonyl (C=O) groups is 3. The number of Topliss-reactive ketones (excluding diaryl/α,β-unsaturated/α-hetero) is 1. The smallest absolute Gasteiger partial charge is 0.303 e. The van der Waals surface area contributed by atoms with E-state index in [1.165, 1.54) is 19.6 Å². The number of carbonyl (C=O) groups excluding carboxylic acids is 3. The molecule has 0 aromatic rings. The van der Waals surface area contributed by atoms with E-state index in [-0.39, 0.29) is 29.5 Å². The van der Waals surface area contributed by atoms with Crippen molar-refractivity contribution < 1.29 is 33.3 Å². The zero-order chi connectivity index (χ0) is 23.8. The van der Waals surface area contributed by atoms with Gasteiger partial charge in [0.2, 0.25) is 5.78 Å². The van der Waals surface area contributed by atoms with E-state index in [2.05, 4.69) is 26.8 Å². The maximum atomic E-state index is 13.7. The van der Waals surface area contributed by atoms with Gasteiger partial charge < -0.3 is 18.9 Å². The predicted molar refractivity (Wildman–Crippen MR) is 118 cm³/mol. The number of hydrogen-bond donors (Lipinski definition) is 0. The monoisotopic (exact) mass is 458 g/mol. The zero-order valence-corrected chi connectivity index (χ0v) is 20.1. The summed E-state index contributed by atoms with van der Waals surface area (Å²) in [6, 6.07) is 0. The number of ether oxygens (including phenoxy) is 4. The average molecular weight is 459 g/mol. The van der Waals surface area contributed by atoms with Crippen LogP contribution < -0.4 is 0 Å². The highest BCUT2D eigenvalue weighted by molar-refractivity contribution is 6.01. The summed E-state index contributed by atoms with van der Waals surface area (Å²) < 4.78 is 22.9. The molecule has 3 saturated carbocycles. The van der Waals surface area contributed by atoms with Crippen LogP contribution in [0.3, 0.4) is 0 Å². The van der Waals surface area contributed by atoms with Gasteiger partial charge in [-0.1, -0.05) is 32.4 Å². The molecule has 4 aliphatic carbocycles. The summed E-state index contributed by atoms with van der Waals surface area (Å²) in [4.78, 5) is 37.2. The SMILES string of the molecule is COC1OC2CC3C4CCC5=CC(=O)C=CC5(C)C4C(C)CC3(C)C2(C(=O)COC(C)=O)O1. The average Bonchev–Trinajstić information content (AvgIpc) is 3.25. The Morgan fingerprint density at radius 2 is 2.03 bits per heavy atom. The van der Waals surface area contributed by atoms with Gasteiger partial charge in [0.1, 0.15) is 6.10 Å². The fraction of sp³-hybridized carbons (Fsp3) is 0.731. The van der Waals surface area contributed by atoms with Crippen molar-refractivity contribution in [2.24, 2.45) is 34.5 Å². The molecule has 0 bridgehead atoms. The Hall–Kier alpha value is -1.83. The van der Waals surface area contributed by atoms with Gasteiger partial charge in [-0.3, -0.25) is 14.4 Å². The van der Waals surface area contributed by atoms with Crippen LogP contribution in [0, 0.1) is 34.5 Å². The van der Waals surface area contributed by atoms with Crippen molar-refractivity contribution in [3.8, 4) is 0 Å². The van der Waals surface area contributed by atoms with E-state index in [1.54, 1.807) is 6.08 Å². The Labute approximate surface area is 194 Å². The molecule has 0 aromatic carbocycles. The molecular weight excluding hydrogens is 424 g/mol. The van der Waals surface area contributed by atoms with Gasteiger partial charge in [0.05, 0.1) is 0 Å². The predicted octanol–water partition coefficient (Wildman–Crippen LogP) is 3.37. The Kier molecular flexibility index (Phi) is 5.27. The summed E-state index contributed by atoms with van der Waals surface area (Å²) in [6.07, 6.45) is 8.57. The lowest BCUT2D eigenvalue weighted by molar-refractivity contribution is -0.264. The van der Waals surface area contributed by atoms with Gasteiger partial charge in [-0.25, -0.2) is 0 Å². The third-order valence-electron chi connectivity index (χ3n) is 9.54. The second-order valence-corrected chi connectivity index (χ2v) is 11.1. The number of hydrogen-bond acceptors (Lipinski definition) is 7. The van der Waals surface area contributed by atoms with Gasteiger partial charge in [0, 0.05) is 24.9 Å². The zero-order valence-electron chi connectivity index (χ0n) is 20.1. The van der Waals surface area contributed by atoms with Crippen LogP contribution in [0.15, 0.2) is 23.8 Å². The largest absolute Gasteiger partial charge is 0.458 e. The summed E-state index contributed by atoms with van der Waals surface area (Å²) in [7, 11) is 1.50. The molecule has 0 N–H and O–H groups in total. The first-order chi connectivity index (χ1) is 15.6. The Bertz CT molecular complexity index is 952. The first kappa shape index (κ1) is 22.9. The lowest BCUT2D eigenvalue weighted by atomic mass is 9.44. The van der Waals surface area contributed by atoms with Crippen molar-refractivity contribution in [2.75, 3.05) is 13.7 Å². The first-order valence-electron chi connectivity index (χ1n) is 12.0. The Balaban J connectivity index is 1.54. The molecule has 5 rings (SSSR count). The second-order valence-electron chi connectivity index (χ2n) is 11.1. The van der Waals surface area contributed by atoms with E-state index < -0.39 is 29.6 Å². The van der Waals surface area contributed by atoms with Crippen LogP contribution in [0.4, 0.5) is 0 Å². The topological polar surface area (TPSA) is 88.1 Å². The molecule has 7 heteroatoms. The van der Waals surface area contributed by atoms with Crippen molar-refractivity contribution in [3.63, 3.8) is 0 Å². The minimum Gasteiger partial charge on any atom is -0.458 e. The molecular formula is C26H34O7. The highest BCUT2D eigenvalue weighted by Gasteiger charge is 2.75. The molecule has 4 fully saturated rings. The third kappa shape index (κ3) is 3.01. The van der Waals surface area contributed by atoms with Crippen molar-refractivity contribution in [2.45, 2.75) is 71.6 Å². The fourth-order valence-electron chi connectivity index (χ4n) is 8.48. The van der Waals surface area contributed by atoms with Crippen LogP contribution in [-0.4, -0.2) is 49.4 Å². The molecule has 33 heavy (non-hydrogen) atoms. The Morgan fingerprint density at radius 3 is 2.73 bits per heavy atom. The van der Waals surface area contributed by atoms with E-state index in [0.29, 0.717) is 24.2 Å². The molecule has 7 nitrogen and oxygen atoms in total. The van der Waals surface area contributed by atoms with Crippen LogP contribution in [0.25, 0.3) is 0 Å². The van der Waals surface area contributed by atoms with Crippen LogP contribution >= 0.6 is 0 Å². The quantitative estimate of drug-likeness (QED) is 0.597. The highest BCUT2D eigenvalue weighted by Crippen LogP contribution is 2.70. The molecule has 0 amide bonds. The molecule has 9 unspecified atom stereocenters. The Morgan fingerprint density at radius 1 is 1.27 bits per heavy atom. The molecule has 0 radical (unpaired) electrons. The molecule has 0 aromatic heterocycles. The van der Waals surface area contributed by atoms with E-state index in [4.69, 9.17) is 18.9 Å². The first-order valence-corrected chi connectivity index (χ1v) is 12.0. The molecule has 180 valence electrons. The summed E-state index contributed by atoms with van der Waals surface area (Å²) in [5.41, 5.74) is -0.602. The summed E-state index contributed by atoms with van der Waals surface area (Å²) in [6.45, 7) is 6.75. The molecule has 5 aliphatic rings. The number of ketones is 2. The standard InChI is InChI=1S/C26H34O7/c1-14-12-25(4)19(18-7-6-16-10-17(28)8-9-24(16,3)22(14)18)11-21-26(25,33-23(30-5)32-21)20(29)13-31-15(2)27/h8-10,14,18-19,21-23H,6-7,11-13H2,1-5H3. The van der Waals surface area contributed by atoms with E-state index in [1.807, 2.05) is 6.08 Å². The van der Waals surface area contributed by atoms with E-state index in [0.717, 1.165) is 19.3 Å². The minimum absolute atomic E-state index is 0.0760. The minimum atomic E-state index is -1.21. The molecule has 0 spiro atoms. The van der Waals surface area contributed by atoms with Crippen molar-refractivity contribution in [1.29, 1.82) is 0 Å². The molecule has 1 saturated heterocycles. The lowest BCUT2D eigenvalue weighted by Crippen LogP contribution is -2.62.